The summed E-state index contributed by atoms with van der Waals surface area (Å²) < 4.78 is 0. The third-order valence-electron chi connectivity index (χ3n) is 1.22. The van der Waals surface area contributed by atoms with Crippen molar-refractivity contribution in [3.63, 3.8) is 0 Å². The molecule has 0 fully saturated rings. The minimum atomic E-state index is 1.33. The molecule has 1 aromatic carbocycles. The molecule has 0 heterocycles. The van der Waals surface area contributed by atoms with Crippen LogP contribution in [-0.4, -0.2) is 0 Å². The highest BCUT2D eigenvalue weighted by molar-refractivity contribution is 5.19. The summed E-state index contributed by atoms with van der Waals surface area (Å²) in [7, 11) is 0. The molecule has 0 amide bonds. The second-order valence-electron chi connectivity index (χ2n) is 2.15. The molecular formula is C9H11N. The SMILES string of the molecule is C#N.Cc1ccc(C)cc1. The maximum Gasteiger partial charge on any atom is 0.0462 e. The Kier molecular flexibility index (Phi) is 3.99. The predicted molar refractivity (Wildman–Crippen MR) is 42.6 cm³/mol. The molecule has 1 heteroatoms. The van der Waals surface area contributed by atoms with Crippen LogP contribution in [0.4, 0.5) is 0 Å². The largest absolute Gasteiger partial charge is 0.202 e. The van der Waals surface area contributed by atoms with Gasteiger partial charge in [0.25, 0.3) is 0 Å². The normalized spacial score (nSPS) is 7.60. The number of hydrogen-bond acceptors (Lipinski definition) is 1. The zero-order valence-electron chi connectivity index (χ0n) is 6.33. The van der Waals surface area contributed by atoms with Crippen molar-refractivity contribution in [1.29, 1.82) is 5.26 Å². The first-order valence-electron chi connectivity index (χ1n) is 3.08. The van der Waals surface area contributed by atoms with Gasteiger partial charge in [-0.1, -0.05) is 35.4 Å². The van der Waals surface area contributed by atoms with Crippen LogP contribution in [-0.2, 0) is 0 Å². The highest BCUT2D eigenvalue weighted by Gasteiger charge is 1.79. The van der Waals surface area contributed by atoms with E-state index in [1.807, 2.05) is 0 Å². The second kappa shape index (κ2) is 4.58. The topological polar surface area (TPSA) is 23.8 Å². The third-order valence-corrected chi connectivity index (χ3v) is 1.22. The van der Waals surface area contributed by atoms with Gasteiger partial charge in [-0.25, -0.2) is 5.26 Å². The lowest BCUT2D eigenvalue weighted by molar-refractivity contribution is 1.40. The van der Waals surface area contributed by atoms with Crippen LogP contribution in [0.15, 0.2) is 24.3 Å². The lowest BCUT2D eigenvalue weighted by Gasteiger charge is -1.90. The van der Waals surface area contributed by atoms with E-state index >= 15 is 0 Å². The van der Waals surface area contributed by atoms with Gasteiger partial charge < -0.3 is 0 Å². The molecule has 0 saturated carbocycles. The van der Waals surface area contributed by atoms with Crippen LogP contribution in [0, 0.1) is 25.7 Å². The Morgan fingerprint density at radius 1 is 0.900 bits per heavy atom. The molecule has 1 aromatic rings. The zero-order chi connectivity index (χ0) is 7.98. The Hall–Kier alpha value is -1.29. The van der Waals surface area contributed by atoms with E-state index < -0.39 is 0 Å². The summed E-state index contributed by atoms with van der Waals surface area (Å²) in [6.45, 7) is 7.69. The average molecular weight is 133 g/mol. The Labute approximate surface area is 61.9 Å². The molecule has 0 radical (unpaired) electrons. The maximum atomic E-state index is 6.50. The number of aryl methyl sites for hydroxylation is 2. The van der Waals surface area contributed by atoms with Crippen LogP contribution in [0.5, 0.6) is 0 Å². The third kappa shape index (κ3) is 2.88. The molecule has 0 aromatic heterocycles. The fourth-order valence-corrected chi connectivity index (χ4v) is 0.637. The zero-order valence-corrected chi connectivity index (χ0v) is 6.33. The van der Waals surface area contributed by atoms with Crippen LogP contribution < -0.4 is 0 Å². The van der Waals surface area contributed by atoms with Crippen molar-refractivity contribution in [2.75, 3.05) is 0 Å². The van der Waals surface area contributed by atoms with E-state index in [4.69, 9.17) is 5.26 Å². The Morgan fingerprint density at radius 2 is 1.10 bits per heavy atom. The Morgan fingerprint density at radius 3 is 1.30 bits per heavy atom. The maximum absolute atomic E-state index is 6.50. The van der Waals surface area contributed by atoms with Gasteiger partial charge in [-0.3, -0.25) is 0 Å². The number of nitriles is 1. The summed E-state index contributed by atoms with van der Waals surface area (Å²) in [5, 5.41) is 6.50. The first-order chi connectivity index (χ1) is 4.79. The molecule has 0 saturated heterocycles. The van der Waals surface area contributed by atoms with Gasteiger partial charge in [0.05, 0.1) is 0 Å². The predicted octanol–water partition coefficient (Wildman–Crippen LogP) is 2.44. The van der Waals surface area contributed by atoms with Crippen molar-refractivity contribution >= 4 is 0 Å². The van der Waals surface area contributed by atoms with Crippen molar-refractivity contribution in [2.24, 2.45) is 0 Å². The standard InChI is InChI=1S/C8H10.CHN/c1-7-3-5-8(2)6-4-7;1-2/h3-6H,1-2H3;1H. The summed E-state index contributed by atoms with van der Waals surface area (Å²) in [4.78, 5) is 0. The summed E-state index contributed by atoms with van der Waals surface area (Å²) in [5.41, 5.74) is 2.66. The first kappa shape index (κ1) is 8.71. The molecule has 0 spiro atoms. The minimum absolute atomic E-state index is 1.33. The van der Waals surface area contributed by atoms with E-state index in [2.05, 4.69) is 44.7 Å². The molecular weight excluding hydrogens is 122 g/mol. The van der Waals surface area contributed by atoms with Crippen molar-refractivity contribution < 1.29 is 0 Å². The van der Waals surface area contributed by atoms with Gasteiger partial charge in [0.2, 0.25) is 0 Å². The van der Waals surface area contributed by atoms with E-state index in [-0.39, 0.29) is 0 Å². The van der Waals surface area contributed by atoms with Crippen molar-refractivity contribution in [2.45, 2.75) is 13.8 Å². The molecule has 0 atom stereocenters. The fraction of sp³-hybridized carbons (Fsp3) is 0.222. The van der Waals surface area contributed by atoms with Gasteiger partial charge in [-0.05, 0) is 13.8 Å². The fourth-order valence-electron chi connectivity index (χ4n) is 0.637. The lowest BCUT2D eigenvalue weighted by Crippen LogP contribution is -1.70. The molecule has 0 bridgehead atoms. The highest BCUT2D eigenvalue weighted by atomic mass is 14.2. The monoisotopic (exact) mass is 133 g/mol. The molecule has 1 nitrogen and oxygen atoms in total. The molecule has 0 aliphatic carbocycles. The highest BCUT2D eigenvalue weighted by Crippen LogP contribution is 1.99. The Balaban J connectivity index is 0.000000371. The van der Waals surface area contributed by atoms with Crippen molar-refractivity contribution in [3.05, 3.63) is 35.4 Å². The van der Waals surface area contributed by atoms with E-state index in [0.29, 0.717) is 0 Å². The molecule has 0 aliphatic rings. The van der Waals surface area contributed by atoms with E-state index in [0.717, 1.165) is 0 Å². The summed E-state index contributed by atoms with van der Waals surface area (Å²) in [6, 6.07) is 8.48. The van der Waals surface area contributed by atoms with Gasteiger partial charge in [0, 0.05) is 6.57 Å². The van der Waals surface area contributed by atoms with Crippen molar-refractivity contribution in [3.8, 4) is 6.57 Å². The molecule has 1 rings (SSSR count). The average Bonchev–Trinajstić information content (AvgIpc) is 2.00. The van der Waals surface area contributed by atoms with E-state index in [1.165, 1.54) is 11.1 Å². The van der Waals surface area contributed by atoms with Crippen molar-refractivity contribution in [1.82, 2.24) is 0 Å². The number of rotatable bonds is 0. The Bertz CT molecular complexity index is 175. The molecule has 10 heavy (non-hydrogen) atoms. The van der Waals surface area contributed by atoms with Crippen LogP contribution in [0.2, 0.25) is 0 Å². The van der Waals surface area contributed by atoms with Crippen LogP contribution in [0.1, 0.15) is 11.1 Å². The van der Waals surface area contributed by atoms with Gasteiger partial charge in [-0.15, -0.1) is 0 Å². The van der Waals surface area contributed by atoms with Gasteiger partial charge in [0.15, 0.2) is 0 Å². The summed E-state index contributed by atoms with van der Waals surface area (Å²) in [5.74, 6) is 0. The molecule has 52 valence electrons. The van der Waals surface area contributed by atoms with Crippen LogP contribution in [0.3, 0.4) is 0 Å². The minimum Gasteiger partial charge on any atom is -0.202 e. The van der Waals surface area contributed by atoms with E-state index in [1.54, 1.807) is 0 Å². The first-order valence-corrected chi connectivity index (χ1v) is 3.08. The van der Waals surface area contributed by atoms with E-state index in [9.17, 15) is 0 Å². The molecule has 0 unspecified atom stereocenters. The smallest absolute Gasteiger partial charge is 0.0462 e. The number of nitrogens with zero attached hydrogens (tertiary/aromatic N) is 1. The molecule has 0 aliphatic heterocycles. The number of benzene rings is 1. The van der Waals surface area contributed by atoms with Gasteiger partial charge >= 0.3 is 0 Å². The molecule has 0 N–H and O–H groups in total. The quantitative estimate of drug-likeness (QED) is 0.533. The lowest BCUT2D eigenvalue weighted by atomic mass is 10.2. The number of hydrogen-bond donors (Lipinski definition) is 0. The van der Waals surface area contributed by atoms with Crippen LogP contribution >= 0.6 is 0 Å². The summed E-state index contributed by atoms with van der Waals surface area (Å²) >= 11 is 0. The second-order valence-corrected chi connectivity index (χ2v) is 2.15. The summed E-state index contributed by atoms with van der Waals surface area (Å²) in [6.07, 6.45) is 0. The van der Waals surface area contributed by atoms with Crippen LogP contribution in [0.25, 0.3) is 0 Å². The van der Waals surface area contributed by atoms with Gasteiger partial charge in [0.1, 0.15) is 0 Å². The van der Waals surface area contributed by atoms with Gasteiger partial charge in [-0.2, -0.15) is 0 Å².